The molecule has 2 amide bonds. The number of carbonyl (C=O) groups is 2. The lowest BCUT2D eigenvalue weighted by Gasteiger charge is -2.43. The van der Waals surface area contributed by atoms with E-state index in [4.69, 9.17) is 4.74 Å². The lowest BCUT2D eigenvalue weighted by atomic mass is 9.71. The van der Waals surface area contributed by atoms with Crippen LogP contribution in [0.15, 0.2) is 36.4 Å². The van der Waals surface area contributed by atoms with E-state index < -0.39 is 0 Å². The van der Waals surface area contributed by atoms with Crippen LogP contribution in [-0.4, -0.2) is 42.6 Å². The quantitative estimate of drug-likeness (QED) is 0.869. The fraction of sp³-hybridized carbons (Fsp3) is 0.476. The summed E-state index contributed by atoms with van der Waals surface area (Å²) in [7, 11) is 1.68. The van der Waals surface area contributed by atoms with E-state index in [9.17, 15) is 9.59 Å². The molecule has 1 aromatic carbocycles. The van der Waals surface area contributed by atoms with Crippen LogP contribution in [0, 0.1) is 11.8 Å². The topological polar surface area (TPSA) is 80.3 Å². The fourth-order valence-corrected chi connectivity index (χ4v) is 4.56. The Bertz CT molecular complexity index is 853. The summed E-state index contributed by atoms with van der Waals surface area (Å²) >= 11 is 0. The molecule has 4 rings (SSSR count). The Kier molecular flexibility index (Phi) is 5.07. The van der Waals surface area contributed by atoms with Gasteiger partial charge in [0.1, 0.15) is 5.69 Å². The molecule has 2 N–H and O–H groups in total. The van der Waals surface area contributed by atoms with Crippen LogP contribution in [0.1, 0.15) is 36.2 Å². The lowest BCUT2D eigenvalue weighted by Crippen LogP contribution is -2.56. The van der Waals surface area contributed by atoms with Crippen molar-refractivity contribution in [1.82, 2.24) is 15.6 Å². The van der Waals surface area contributed by atoms with Gasteiger partial charge >= 0.3 is 0 Å². The number of benzene rings is 1. The van der Waals surface area contributed by atoms with Crippen molar-refractivity contribution in [2.24, 2.45) is 11.8 Å². The maximum atomic E-state index is 12.7. The van der Waals surface area contributed by atoms with Crippen molar-refractivity contribution in [3.05, 3.63) is 42.1 Å². The predicted molar refractivity (Wildman–Crippen MR) is 102 cm³/mol. The number of methoxy groups -OCH3 is 1. The average molecular weight is 367 g/mol. The van der Waals surface area contributed by atoms with E-state index in [1.165, 1.54) is 0 Å². The molecule has 2 heterocycles. The third-order valence-corrected chi connectivity index (χ3v) is 5.85. The van der Waals surface area contributed by atoms with Gasteiger partial charge < -0.3 is 15.4 Å². The summed E-state index contributed by atoms with van der Waals surface area (Å²) < 4.78 is 5.31. The SMILES string of the molecule is COCC1CC(=O)NC2CC(NC(=O)c3ccc4ccccc4n3)CCC12. The minimum atomic E-state index is -0.153. The number of hydrogen-bond donors (Lipinski definition) is 2. The standard InChI is InChI=1S/C21H25N3O3/c1-27-12-14-10-20(25)24-19-11-15(7-8-16(14)19)22-21(26)18-9-6-13-4-2-3-5-17(13)23-18/h2-6,9,14-16,19H,7-8,10-12H2,1H3,(H,22,26)(H,24,25). The molecule has 1 aliphatic heterocycles. The Morgan fingerprint density at radius 1 is 1.26 bits per heavy atom. The molecule has 6 nitrogen and oxygen atoms in total. The molecule has 142 valence electrons. The molecular formula is C21H25N3O3. The Morgan fingerprint density at radius 2 is 2.11 bits per heavy atom. The van der Waals surface area contributed by atoms with Gasteiger partial charge in [0.25, 0.3) is 5.91 Å². The minimum absolute atomic E-state index is 0.0496. The number of nitrogens with one attached hydrogen (secondary N) is 2. The maximum absolute atomic E-state index is 12.7. The average Bonchev–Trinajstić information content (AvgIpc) is 2.67. The van der Waals surface area contributed by atoms with Crippen molar-refractivity contribution >= 4 is 22.7 Å². The van der Waals surface area contributed by atoms with Gasteiger partial charge in [-0.1, -0.05) is 24.3 Å². The van der Waals surface area contributed by atoms with Crippen LogP contribution in [0.2, 0.25) is 0 Å². The normalized spacial score (nSPS) is 27.7. The van der Waals surface area contributed by atoms with E-state index >= 15 is 0 Å². The molecule has 1 aliphatic carbocycles. The highest BCUT2D eigenvalue weighted by atomic mass is 16.5. The van der Waals surface area contributed by atoms with Gasteiger partial charge in [0, 0.05) is 37.6 Å². The van der Waals surface area contributed by atoms with Crippen LogP contribution in [-0.2, 0) is 9.53 Å². The molecule has 2 aliphatic rings. The number of carbonyl (C=O) groups excluding carboxylic acids is 2. The summed E-state index contributed by atoms with van der Waals surface area (Å²) in [5.74, 6) is 0.628. The zero-order valence-electron chi connectivity index (χ0n) is 15.5. The number of aromatic nitrogens is 1. The zero-order chi connectivity index (χ0) is 18.8. The first-order valence-electron chi connectivity index (χ1n) is 9.59. The van der Waals surface area contributed by atoms with E-state index in [1.807, 2.05) is 30.3 Å². The smallest absolute Gasteiger partial charge is 0.270 e. The van der Waals surface area contributed by atoms with Crippen molar-refractivity contribution in [1.29, 1.82) is 0 Å². The predicted octanol–water partition coefficient (Wildman–Crippen LogP) is 2.28. The van der Waals surface area contributed by atoms with Gasteiger partial charge in [0.15, 0.2) is 0 Å². The highest BCUT2D eigenvalue weighted by molar-refractivity contribution is 5.95. The molecule has 1 aromatic heterocycles. The molecule has 4 atom stereocenters. The Morgan fingerprint density at radius 3 is 2.96 bits per heavy atom. The van der Waals surface area contributed by atoms with Crippen LogP contribution in [0.25, 0.3) is 10.9 Å². The molecule has 2 aromatic rings. The lowest BCUT2D eigenvalue weighted by molar-refractivity contribution is -0.128. The molecule has 27 heavy (non-hydrogen) atoms. The molecule has 2 fully saturated rings. The van der Waals surface area contributed by atoms with Crippen LogP contribution in [0.3, 0.4) is 0 Å². The highest BCUT2D eigenvalue weighted by Crippen LogP contribution is 2.35. The Hall–Kier alpha value is -2.47. The second kappa shape index (κ2) is 7.64. The first-order chi connectivity index (χ1) is 13.1. The summed E-state index contributed by atoms with van der Waals surface area (Å²) in [6, 6.07) is 11.6. The summed E-state index contributed by atoms with van der Waals surface area (Å²) in [6.45, 7) is 0.618. The molecular weight excluding hydrogens is 342 g/mol. The van der Waals surface area contributed by atoms with Crippen molar-refractivity contribution in [2.75, 3.05) is 13.7 Å². The number of piperidine rings is 1. The number of fused-ring (bicyclic) bond motifs is 2. The van der Waals surface area contributed by atoms with Gasteiger partial charge in [0.2, 0.25) is 5.91 Å². The fourth-order valence-electron chi connectivity index (χ4n) is 4.56. The highest BCUT2D eigenvalue weighted by Gasteiger charge is 2.40. The minimum Gasteiger partial charge on any atom is -0.384 e. The second-order valence-electron chi connectivity index (χ2n) is 7.63. The van der Waals surface area contributed by atoms with Crippen molar-refractivity contribution < 1.29 is 14.3 Å². The van der Waals surface area contributed by atoms with E-state index in [1.54, 1.807) is 13.2 Å². The number of rotatable bonds is 4. The van der Waals surface area contributed by atoms with Crippen LogP contribution in [0.5, 0.6) is 0 Å². The van der Waals surface area contributed by atoms with Gasteiger partial charge in [-0.15, -0.1) is 0 Å². The van der Waals surface area contributed by atoms with Crippen LogP contribution < -0.4 is 10.6 Å². The van der Waals surface area contributed by atoms with Crippen molar-refractivity contribution in [3.63, 3.8) is 0 Å². The van der Waals surface area contributed by atoms with Crippen LogP contribution >= 0.6 is 0 Å². The molecule has 0 spiro atoms. The third kappa shape index (κ3) is 3.81. The zero-order valence-corrected chi connectivity index (χ0v) is 15.5. The van der Waals surface area contributed by atoms with Gasteiger partial charge in [-0.25, -0.2) is 4.98 Å². The first-order valence-corrected chi connectivity index (χ1v) is 9.59. The van der Waals surface area contributed by atoms with E-state index in [0.29, 0.717) is 24.6 Å². The number of hydrogen-bond acceptors (Lipinski definition) is 4. The maximum Gasteiger partial charge on any atom is 0.270 e. The summed E-state index contributed by atoms with van der Waals surface area (Å²) in [5, 5.41) is 7.24. The van der Waals surface area contributed by atoms with E-state index in [2.05, 4.69) is 15.6 Å². The summed E-state index contributed by atoms with van der Waals surface area (Å²) in [5.41, 5.74) is 1.25. The Balaban J connectivity index is 1.42. The number of para-hydroxylation sites is 1. The van der Waals surface area contributed by atoms with E-state index in [-0.39, 0.29) is 29.8 Å². The molecule has 6 heteroatoms. The largest absolute Gasteiger partial charge is 0.384 e. The molecule has 0 bridgehead atoms. The first kappa shape index (κ1) is 17.9. The van der Waals surface area contributed by atoms with Gasteiger partial charge in [0.05, 0.1) is 5.52 Å². The van der Waals surface area contributed by atoms with Gasteiger partial charge in [-0.3, -0.25) is 9.59 Å². The van der Waals surface area contributed by atoms with Gasteiger partial charge in [-0.05, 0) is 43.2 Å². The molecule has 4 unspecified atom stereocenters. The number of ether oxygens (including phenoxy) is 1. The van der Waals surface area contributed by atoms with E-state index in [0.717, 1.165) is 30.2 Å². The molecule has 1 saturated carbocycles. The number of nitrogens with zero attached hydrogens (tertiary/aromatic N) is 1. The number of amides is 2. The van der Waals surface area contributed by atoms with Crippen molar-refractivity contribution in [2.45, 2.75) is 37.8 Å². The van der Waals surface area contributed by atoms with Gasteiger partial charge in [-0.2, -0.15) is 0 Å². The van der Waals surface area contributed by atoms with Crippen molar-refractivity contribution in [3.8, 4) is 0 Å². The van der Waals surface area contributed by atoms with Crippen LogP contribution in [0.4, 0.5) is 0 Å². The summed E-state index contributed by atoms with van der Waals surface area (Å²) in [4.78, 5) is 29.2. The number of pyridine rings is 1. The third-order valence-electron chi connectivity index (χ3n) is 5.85. The molecule has 1 saturated heterocycles. The Labute approximate surface area is 158 Å². The second-order valence-corrected chi connectivity index (χ2v) is 7.63. The summed E-state index contributed by atoms with van der Waals surface area (Å²) in [6.07, 6.45) is 3.19. The molecule has 0 radical (unpaired) electrons. The monoisotopic (exact) mass is 367 g/mol.